The van der Waals surface area contributed by atoms with Crippen LogP contribution in [-0.2, 0) is 0 Å². The molecular formula is C21H17FN2O3S2. The lowest BCUT2D eigenvalue weighted by atomic mass is 10.2. The highest BCUT2D eigenvalue weighted by molar-refractivity contribution is 8.02. The Morgan fingerprint density at radius 3 is 2.55 bits per heavy atom. The van der Waals surface area contributed by atoms with Gasteiger partial charge in [-0.1, -0.05) is 6.07 Å². The Morgan fingerprint density at radius 1 is 1.00 bits per heavy atom. The molecular weight excluding hydrogens is 411 g/mol. The van der Waals surface area contributed by atoms with Crippen molar-refractivity contribution in [1.82, 2.24) is 4.98 Å². The highest BCUT2D eigenvalue weighted by Crippen LogP contribution is 2.37. The van der Waals surface area contributed by atoms with E-state index < -0.39 is 5.82 Å². The summed E-state index contributed by atoms with van der Waals surface area (Å²) >= 11 is 2.96. The van der Waals surface area contributed by atoms with Crippen molar-refractivity contribution in [2.75, 3.05) is 18.9 Å². The molecule has 0 unspecified atom stereocenters. The number of benzene rings is 2. The normalized spacial score (nSPS) is 10.7. The summed E-state index contributed by atoms with van der Waals surface area (Å²) in [5, 5.41) is 2.71. The fraction of sp³-hybridized carbons (Fsp3) is 0.0952. The molecule has 4 rings (SSSR count). The third-order valence-corrected chi connectivity index (χ3v) is 5.99. The number of nitrogens with zero attached hydrogens (tertiary/aromatic N) is 1. The third kappa shape index (κ3) is 4.23. The van der Waals surface area contributed by atoms with Crippen LogP contribution in [0.4, 0.5) is 10.1 Å². The van der Waals surface area contributed by atoms with Crippen molar-refractivity contribution in [3.8, 4) is 23.0 Å². The maximum absolute atomic E-state index is 14.5. The first-order valence-electron chi connectivity index (χ1n) is 8.62. The lowest BCUT2D eigenvalue weighted by Gasteiger charge is -2.13. The number of methoxy groups -OCH3 is 2. The summed E-state index contributed by atoms with van der Waals surface area (Å²) in [4.78, 5) is 4.35. The van der Waals surface area contributed by atoms with Gasteiger partial charge in [-0.3, -0.25) is 4.98 Å². The smallest absolute Gasteiger partial charge is 0.162 e. The molecule has 0 aliphatic carbocycles. The molecule has 0 radical (unpaired) electrons. The van der Waals surface area contributed by atoms with Crippen molar-refractivity contribution < 1.29 is 18.6 Å². The van der Waals surface area contributed by atoms with Crippen LogP contribution in [0.3, 0.4) is 0 Å². The van der Waals surface area contributed by atoms with E-state index in [9.17, 15) is 4.39 Å². The van der Waals surface area contributed by atoms with Crippen LogP contribution in [0.2, 0.25) is 0 Å². The zero-order valence-electron chi connectivity index (χ0n) is 15.6. The number of hydrogen-bond acceptors (Lipinski definition) is 7. The number of aromatic nitrogens is 1. The van der Waals surface area contributed by atoms with Gasteiger partial charge in [-0.15, -0.1) is 11.3 Å². The van der Waals surface area contributed by atoms with Gasteiger partial charge in [0.1, 0.15) is 11.5 Å². The Bertz CT molecular complexity index is 1140. The average Bonchev–Trinajstić information content (AvgIpc) is 3.26. The lowest BCUT2D eigenvalue weighted by molar-refractivity contribution is 0.355. The molecule has 1 N–H and O–H groups in total. The summed E-state index contributed by atoms with van der Waals surface area (Å²) in [6, 6.07) is 13.9. The monoisotopic (exact) mass is 428 g/mol. The van der Waals surface area contributed by atoms with Crippen LogP contribution >= 0.6 is 23.3 Å². The highest BCUT2D eigenvalue weighted by atomic mass is 32.2. The van der Waals surface area contributed by atoms with Crippen molar-refractivity contribution in [2.24, 2.45) is 0 Å². The standard InChI is InChI=1S/C21H17FN2O3S2/c1-25-19-11-14-17(12-20(19)26-2)23-8-7-18(14)27-13-5-6-16(15(22)10-13)24-29-21-4-3-9-28-21/h3-12,24H,1-2H3. The Morgan fingerprint density at radius 2 is 1.83 bits per heavy atom. The maximum Gasteiger partial charge on any atom is 0.162 e. The maximum atomic E-state index is 14.5. The van der Waals surface area contributed by atoms with Crippen LogP contribution in [0.1, 0.15) is 0 Å². The van der Waals surface area contributed by atoms with Gasteiger partial charge in [0, 0.05) is 23.7 Å². The zero-order chi connectivity index (χ0) is 20.2. The highest BCUT2D eigenvalue weighted by Gasteiger charge is 2.12. The van der Waals surface area contributed by atoms with Crippen LogP contribution in [0.15, 0.2) is 64.3 Å². The number of ether oxygens (including phenoxy) is 3. The number of rotatable bonds is 7. The van der Waals surface area contributed by atoms with E-state index in [-0.39, 0.29) is 0 Å². The lowest BCUT2D eigenvalue weighted by Crippen LogP contribution is -1.94. The SMILES string of the molecule is COc1cc2nccc(Oc3ccc(NSc4cccs4)c(F)c3)c2cc1OC. The molecule has 4 aromatic rings. The van der Waals surface area contributed by atoms with Gasteiger partial charge in [0.05, 0.1) is 29.6 Å². The van der Waals surface area contributed by atoms with Crippen molar-refractivity contribution >= 4 is 39.9 Å². The van der Waals surface area contributed by atoms with E-state index in [1.54, 1.807) is 62.1 Å². The minimum atomic E-state index is -0.399. The molecule has 0 amide bonds. The van der Waals surface area contributed by atoms with Crippen molar-refractivity contribution in [3.05, 3.63) is 65.9 Å². The van der Waals surface area contributed by atoms with Crippen LogP contribution in [0.5, 0.6) is 23.0 Å². The van der Waals surface area contributed by atoms with Crippen molar-refractivity contribution in [3.63, 3.8) is 0 Å². The number of nitrogens with one attached hydrogen (secondary N) is 1. The van der Waals surface area contributed by atoms with E-state index in [1.807, 2.05) is 17.5 Å². The number of halogens is 1. The number of fused-ring (bicyclic) bond motifs is 1. The predicted molar refractivity (Wildman–Crippen MR) is 115 cm³/mol. The summed E-state index contributed by atoms with van der Waals surface area (Å²) in [7, 11) is 3.13. The average molecular weight is 429 g/mol. The molecule has 0 saturated heterocycles. The molecule has 0 aliphatic rings. The van der Waals surface area contributed by atoms with E-state index in [4.69, 9.17) is 14.2 Å². The van der Waals surface area contributed by atoms with Crippen LogP contribution in [0, 0.1) is 5.82 Å². The van der Waals surface area contributed by atoms with E-state index in [0.717, 1.165) is 9.60 Å². The summed E-state index contributed by atoms with van der Waals surface area (Å²) in [5.74, 6) is 1.67. The quantitative estimate of drug-likeness (QED) is 0.346. The molecule has 0 bridgehead atoms. The predicted octanol–water partition coefficient (Wildman–Crippen LogP) is 6.36. The van der Waals surface area contributed by atoms with E-state index in [0.29, 0.717) is 34.2 Å². The molecule has 0 saturated carbocycles. The molecule has 29 heavy (non-hydrogen) atoms. The minimum Gasteiger partial charge on any atom is -0.493 e. The minimum absolute atomic E-state index is 0.386. The summed E-state index contributed by atoms with van der Waals surface area (Å²) in [6.45, 7) is 0. The number of thiophene rings is 1. The van der Waals surface area contributed by atoms with Crippen LogP contribution in [0.25, 0.3) is 10.9 Å². The summed E-state index contributed by atoms with van der Waals surface area (Å²) in [6.07, 6.45) is 1.63. The van der Waals surface area contributed by atoms with Gasteiger partial charge in [-0.2, -0.15) is 0 Å². The molecule has 0 spiro atoms. The first-order valence-corrected chi connectivity index (χ1v) is 10.3. The first kappa shape index (κ1) is 19.4. The Kier molecular flexibility index (Phi) is 5.73. The van der Waals surface area contributed by atoms with Gasteiger partial charge in [-0.05, 0) is 47.7 Å². The van der Waals surface area contributed by atoms with Gasteiger partial charge in [0.25, 0.3) is 0 Å². The third-order valence-electron chi connectivity index (χ3n) is 4.13. The second kappa shape index (κ2) is 8.59. The van der Waals surface area contributed by atoms with Gasteiger partial charge in [0.2, 0.25) is 0 Å². The molecule has 8 heteroatoms. The summed E-state index contributed by atoms with van der Waals surface area (Å²) < 4.78 is 35.2. The van der Waals surface area contributed by atoms with Gasteiger partial charge in [0.15, 0.2) is 17.3 Å². The van der Waals surface area contributed by atoms with Gasteiger partial charge >= 0.3 is 0 Å². The second-order valence-corrected chi connectivity index (χ2v) is 7.97. The van der Waals surface area contributed by atoms with E-state index >= 15 is 0 Å². The number of anilines is 1. The topological polar surface area (TPSA) is 52.6 Å². The molecule has 2 aromatic carbocycles. The van der Waals surface area contributed by atoms with Gasteiger partial charge < -0.3 is 18.9 Å². The molecule has 0 aliphatic heterocycles. The van der Waals surface area contributed by atoms with Crippen molar-refractivity contribution in [2.45, 2.75) is 4.21 Å². The molecule has 2 aromatic heterocycles. The Hall–Kier alpha value is -2.97. The fourth-order valence-corrected chi connectivity index (χ4v) is 4.19. The fourth-order valence-electron chi connectivity index (χ4n) is 2.73. The van der Waals surface area contributed by atoms with Crippen LogP contribution in [-0.4, -0.2) is 19.2 Å². The van der Waals surface area contributed by atoms with Gasteiger partial charge in [-0.25, -0.2) is 4.39 Å². The van der Waals surface area contributed by atoms with Crippen molar-refractivity contribution in [1.29, 1.82) is 0 Å². The molecule has 5 nitrogen and oxygen atoms in total. The van der Waals surface area contributed by atoms with E-state index in [2.05, 4.69) is 9.71 Å². The van der Waals surface area contributed by atoms with Crippen LogP contribution < -0.4 is 18.9 Å². The number of pyridine rings is 1. The largest absolute Gasteiger partial charge is 0.493 e. The molecule has 2 heterocycles. The Balaban J connectivity index is 1.58. The Labute approximate surface area is 175 Å². The zero-order valence-corrected chi connectivity index (χ0v) is 17.3. The molecule has 148 valence electrons. The second-order valence-electron chi connectivity index (χ2n) is 5.91. The molecule has 0 fully saturated rings. The number of hydrogen-bond donors (Lipinski definition) is 1. The van der Waals surface area contributed by atoms with E-state index in [1.165, 1.54) is 18.0 Å². The first-order chi connectivity index (χ1) is 14.2. The molecule has 0 atom stereocenters. The summed E-state index contributed by atoms with van der Waals surface area (Å²) in [5.41, 5.74) is 1.08.